The molecule has 1 aromatic carbocycles. The second-order valence-corrected chi connectivity index (χ2v) is 2.93. The van der Waals surface area contributed by atoms with E-state index < -0.39 is 0 Å². The maximum atomic E-state index is 4.26. The second-order valence-electron chi connectivity index (χ2n) is 2.93. The van der Waals surface area contributed by atoms with E-state index in [9.17, 15) is 0 Å². The average molecular weight is 370 g/mol. The molecule has 0 bridgehead atoms. The van der Waals surface area contributed by atoms with Crippen LogP contribution in [0.3, 0.4) is 0 Å². The van der Waals surface area contributed by atoms with Gasteiger partial charge in [0.1, 0.15) is 0 Å². The van der Waals surface area contributed by atoms with Crippen LogP contribution in [0.1, 0.15) is 0 Å². The van der Waals surface area contributed by atoms with Crippen LogP contribution in [-0.2, 0) is 27.7 Å². The Hall–Kier alpha value is -0.965. The Morgan fingerprint density at radius 2 is 2.00 bits per heavy atom. The van der Waals surface area contributed by atoms with Crippen LogP contribution in [0.2, 0.25) is 0 Å². The van der Waals surface area contributed by atoms with E-state index in [1.54, 1.807) is 12.5 Å². The molecule has 0 unspecified atom stereocenters. The van der Waals surface area contributed by atoms with Crippen molar-refractivity contribution >= 4 is 21.9 Å². The number of rotatable bonds is 0. The van der Waals surface area contributed by atoms with E-state index in [0.717, 1.165) is 21.9 Å². The Morgan fingerprint density at radius 3 is 2.93 bits per heavy atom. The van der Waals surface area contributed by atoms with Gasteiger partial charge in [-0.1, -0.05) is 0 Å². The van der Waals surface area contributed by atoms with E-state index in [0.29, 0.717) is 0 Å². The summed E-state index contributed by atoms with van der Waals surface area (Å²) in [6.07, 6.45) is 3.50. The Kier molecular flexibility index (Phi) is 2.50. The number of benzene rings is 1. The van der Waals surface area contributed by atoms with Crippen LogP contribution < -0.4 is 0 Å². The molecule has 0 atom stereocenters. The molecule has 0 fully saturated rings. The van der Waals surface area contributed by atoms with Crippen LogP contribution in [0.5, 0.6) is 0 Å². The second kappa shape index (κ2) is 3.65. The summed E-state index contributed by atoms with van der Waals surface area (Å²) in [6.45, 7) is 0. The minimum absolute atomic E-state index is 0. The standard InChI is InChI=1S/C10H7N3.Hg/c1-2-7-8(11-5-1)3-4-9-10(7)13-6-12-9;/h1-6H,(H,12,13);. The van der Waals surface area contributed by atoms with Crippen molar-refractivity contribution in [2.24, 2.45) is 0 Å². The van der Waals surface area contributed by atoms with Crippen molar-refractivity contribution < 1.29 is 27.7 Å². The SMILES string of the molecule is [Hg].c1cnc2ccc3[nH]cnc3c2c1. The molecule has 3 nitrogen and oxygen atoms in total. The first-order chi connectivity index (χ1) is 6.45. The zero-order chi connectivity index (χ0) is 8.67. The zero-order valence-electron chi connectivity index (χ0n) is 7.57. The number of H-pyrrole nitrogens is 1. The normalized spacial score (nSPS) is 10.3. The first kappa shape index (κ1) is 9.58. The quantitative estimate of drug-likeness (QED) is 0.617. The number of nitrogens with one attached hydrogen (secondary N) is 1. The molecule has 0 spiro atoms. The Labute approximate surface area is 101 Å². The Balaban J connectivity index is 0.000000750. The van der Waals surface area contributed by atoms with Crippen LogP contribution in [0, 0.1) is 0 Å². The van der Waals surface area contributed by atoms with Gasteiger partial charge in [0.15, 0.2) is 0 Å². The first-order valence-corrected chi connectivity index (χ1v) is 4.12. The third-order valence-corrected chi connectivity index (χ3v) is 2.17. The Bertz CT molecular complexity index is 573. The van der Waals surface area contributed by atoms with E-state index >= 15 is 0 Å². The number of aromatic amines is 1. The van der Waals surface area contributed by atoms with Crippen LogP contribution in [0.15, 0.2) is 36.8 Å². The van der Waals surface area contributed by atoms with Gasteiger partial charge in [0.2, 0.25) is 0 Å². The monoisotopic (exact) mass is 371 g/mol. The molecule has 0 amide bonds. The molecule has 2 aromatic heterocycles. The van der Waals surface area contributed by atoms with Gasteiger partial charge >= 0.3 is 0 Å². The largest absolute Gasteiger partial charge is 0.345 e. The van der Waals surface area contributed by atoms with E-state index in [2.05, 4.69) is 15.0 Å². The molecular formula is C10H7HgN3. The third kappa shape index (κ3) is 1.32. The van der Waals surface area contributed by atoms with Gasteiger partial charge in [0.05, 0.1) is 22.9 Å². The summed E-state index contributed by atoms with van der Waals surface area (Å²) < 4.78 is 0. The van der Waals surface area contributed by atoms with E-state index in [4.69, 9.17) is 0 Å². The van der Waals surface area contributed by atoms with Crippen molar-refractivity contribution in [2.45, 2.75) is 0 Å². The molecule has 0 radical (unpaired) electrons. The van der Waals surface area contributed by atoms with Crippen molar-refractivity contribution in [3.63, 3.8) is 0 Å². The summed E-state index contributed by atoms with van der Waals surface area (Å²) in [5.74, 6) is 0. The van der Waals surface area contributed by atoms with Gasteiger partial charge in [0, 0.05) is 39.3 Å². The van der Waals surface area contributed by atoms with Gasteiger partial charge in [-0.15, -0.1) is 0 Å². The molecule has 4 heteroatoms. The molecule has 3 rings (SSSR count). The van der Waals surface area contributed by atoms with Gasteiger partial charge in [-0.3, -0.25) is 4.98 Å². The molecule has 14 heavy (non-hydrogen) atoms. The molecule has 64 valence electrons. The van der Waals surface area contributed by atoms with Gasteiger partial charge in [-0.2, -0.15) is 0 Å². The van der Waals surface area contributed by atoms with Crippen molar-refractivity contribution in [3.8, 4) is 0 Å². The molecule has 2 heterocycles. The van der Waals surface area contributed by atoms with Crippen LogP contribution in [0.4, 0.5) is 0 Å². The Morgan fingerprint density at radius 1 is 1.07 bits per heavy atom. The summed E-state index contributed by atoms with van der Waals surface area (Å²) in [7, 11) is 0. The van der Waals surface area contributed by atoms with Gasteiger partial charge in [-0.05, 0) is 24.3 Å². The van der Waals surface area contributed by atoms with E-state index in [-0.39, 0.29) is 27.7 Å². The maximum Gasteiger partial charge on any atom is 0.0976 e. The molecular weight excluding hydrogens is 363 g/mol. The third-order valence-electron chi connectivity index (χ3n) is 2.17. The van der Waals surface area contributed by atoms with Gasteiger partial charge in [-0.25, -0.2) is 4.98 Å². The van der Waals surface area contributed by atoms with Crippen molar-refractivity contribution in [1.29, 1.82) is 0 Å². The molecule has 1 N–H and O–H groups in total. The van der Waals surface area contributed by atoms with Gasteiger partial charge < -0.3 is 4.98 Å². The predicted molar refractivity (Wildman–Crippen MR) is 51.4 cm³/mol. The molecule has 0 aliphatic heterocycles. The number of aromatic nitrogens is 3. The van der Waals surface area contributed by atoms with Gasteiger partial charge in [0.25, 0.3) is 0 Å². The number of fused-ring (bicyclic) bond motifs is 3. The first-order valence-electron chi connectivity index (χ1n) is 4.12. The molecule has 0 aliphatic rings. The van der Waals surface area contributed by atoms with Crippen molar-refractivity contribution in [3.05, 3.63) is 36.8 Å². The van der Waals surface area contributed by atoms with Crippen LogP contribution >= 0.6 is 0 Å². The predicted octanol–water partition coefficient (Wildman–Crippen LogP) is 2.11. The number of hydrogen-bond donors (Lipinski definition) is 1. The minimum Gasteiger partial charge on any atom is -0.345 e. The minimum atomic E-state index is 0. The number of imidazole rings is 1. The number of nitrogens with zero attached hydrogens (tertiary/aromatic N) is 2. The van der Waals surface area contributed by atoms with Crippen LogP contribution in [0.25, 0.3) is 21.9 Å². The van der Waals surface area contributed by atoms with E-state index in [1.807, 2.05) is 24.3 Å². The molecule has 0 saturated carbocycles. The van der Waals surface area contributed by atoms with E-state index in [1.165, 1.54) is 0 Å². The fourth-order valence-corrected chi connectivity index (χ4v) is 1.56. The molecule has 0 saturated heterocycles. The fraction of sp³-hybridized carbons (Fsp3) is 0. The summed E-state index contributed by atoms with van der Waals surface area (Å²) in [4.78, 5) is 11.6. The summed E-state index contributed by atoms with van der Waals surface area (Å²) in [6, 6.07) is 7.95. The van der Waals surface area contributed by atoms with Crippen LogP contribution in [-0.4, -0.2) is 15.0 Å². The number of pyridine rings is 1. The molecule has 0 aliphatic carbocycles. The molecule has 3 aromatic rings. The fourth-order valence-electron chi connectivity index (χ4n) is 1.56. The smallest absolute Gasteiger partial charge is 0.0976 e. The van der Waals surface area contributed by atoms with Crippen molar-refractivity contribution in [2.75, 3.05) is 0 Å². The summed E-state index contributed by atoms with van der Waals surface area (Å²) >= 11 is 0. The topological polar surface area (TPSA) is 41.6 Å². The maximum absolute atomic E-state index is 4.26. The van der Waals surface area contributed by atoms with Crippen molar-refractivity contribution in [1.82, 2.24) is 15.0 Å². The zero-order valence-corrected chi connectivity index (χ0v) is 13.1. The summed E-state index contributed by atoms with van der Waals surface area (Å²) in [5.41, 5.74) is 3.04. The number of hydrogen-bond acceptors (Lipinski definition) is 2. The average Bonchev–Trinajstić information content (AvgIpc) is 2.65. The summed E-state index contributed by atoms with van der Waals surface area (Å²) in [5, 5.41) is 1.10.